The number of hydrogen-bond acceptors (Lipinski definition) is 2. The summed E-state index contributed by atoms with van der Waals surface area (Å²) in [5, 5.41) is 4.44. The van der Waals surface area contributed by atoms with Gasteiger partial charge in [-0.3, -0.25) is 10.1 Å². The molecule has 3 nitrogen and oxygen atoms in total. The lowest BCUT2D eigenvalue weighted by Crippen LogP contribution is -2.41. The summed E-state index contributed by atoms with van der Waals surface area (Å²) in [5.74, 6) is 1.70. The van der Waals surface area contributed by atoms with Gasteiger partial charge in [0.05, 0.1) is 12.6 Å². The van der Waals surface area contributed by atoms with E-state index in [0.29, 0.717) is 6.42 Å². The summed E-state index contributed by atoms with van der Waals surface area (Å²) in [4.78, 5) is 11.0. The average Bonchev–Trinajstić information content (AvgIpc) is 2.20. The van der Waals surface area contributed by atoms with Crippen LogP contribution in [-0.4, -0.2) is 31.2 Å². The molecule has 0 rings (SSSR count). The fraction of sp³-hybridized carbons (Fsp3) is 0.700. The lowest BCUT2D eigenvalue weighted by molar-refractivity contribution is -0.137. The number of hydrogen-bond donors (Lipinski definition) is 2. The van der Waals surface area contributed by atoms with Gasteiger partial charge in [-0.1, -0.05) is 19.3 Å². The number of rotatable bonds is 6. The van der Waals surface area contributed by atoms with E-state index in [-0.39, 0.29) is 12.6 Å². The van der Waals surface area contributed by atoms with Crippen LogP contribution in [0.1, 0.15) is 19.8 Å². The third-order valence-electron chi connectivity index (χ3n) is 1.77. The second kappa shape index (κ2) is 7.12. The summed E-state index contributed by atoms with van der Waals surface area (Å²) in [6, 6.07) is -0.276. The quantitative estimate of drug-likeness (QED) is 0.677. The topological polar surface area (TPSA) is 41.1 Å². The van der Waals surface area contributed by atoms with Gasteiger partial charge < -0.3 is 5.32 Å². The maximum atomic E-state index is 11.7. The Morgan fingerprint density at radius 3 is 2.56 bits per heavy atom. The Bertz CT molecular complexity index is 258. The number of halogens is 3. The first kappa shape index (κ1) is 14.8. The van der Waals surface area contributed by atoms with Crippen molar-refractivity contribution in [1.29, 1.82) is 0 Å². The molecule has 0 saturated carbocycles. The number of carbonyl (C=O) groups excluding carboxylic acids is 1. The Labute approximate surface area is 92.8 Å². The van der Waals surface area contributed by atoms with Crippen molar-refractivity contribution >= 4 is 5.91 Å². The van der Waals surface area contributed by atoms with Crippen LogP contribution in [0.2, 0.25) is 0 Å². The summed E-state index contributed by atoms with van der Waals surface area (Å²) >= 11 is 0. The Balaban J connectivity index is 3.77. The first-order valence-electron chi connectivity index (χ1n) is 4.92. The number of nitrogens with one attached hydrogen (secondary N) is 2. The maximum absolute atomic E-state index is 11.7. The Kier molecular flexibility index (Phi) is 6.58. The van der Waals surface area contributed by atoms with Gasteiger partial charge >= 0.3 is 6.18 Å². The van der Waals surface area contributed by atoms with Crippen LogP contribution in [0.3, 0.4) is 0 Å². The highest BCUT2D eigenvalue weighted by atomic mass is 19.4. The molecule has 0 aromatic carbocycles. The number of alkyl halides is 3. The zero-order chi connectivity index (χ0) is 12.6. The van der Waals surface area contributed by atoms with Gasteiger partial charge in [0.1, 0.15) is 6.54 Å². The zero-order valence-electron chi connectivity index (χ0n) is 9.03. The first-order valence-corrected chi connectivity index (χ1v) is 4.92. The van der Waals surface area contributed by atoms with E-state index in [0.717, 1.165) is 6.42 Å². The normalized spacial score (nSPS) is 12.9. The van der Waals surface area contributed by atoms with Crippen molar-refractivity contribution in [2.24, 2.45) is 0 Å². The molecule has 0 bridgehead atoms. The summed E-state index contributed by atoms with van der Waals surface area (Å²) < 4.78 is 35.2. The van der Waals surface area contributed by atoms with Crippen LogP contribution in [0.25, 0.3) is 0 Å². The minimum Gasteiger partial charge on any atom is -0.346 e. The number of amides is 1. The molecule has 1 unspecified atom stereocenters. The van der Waals surface area contributed by atoms with Crippen molar-refractivity contribution in [3.8, 4) is 12.3 Å². The van der Waals surface area contributed by atoms with Gasteiger partial charge in [-0.2, -0.15) is 13.2 Å². The van der Waals surface area contributed by atoms with Gasteiger partial charge in [0, 0.05) is 0 Å². The third kappa shape index (κ3) is 8.12. The second-order valence-corrected chi connectivity index (χ2v) is 3.28. The molecule has 0 aromatic rings. The van der Waals surface area contributed by atoms with Crippen molar-refractivity contribution in [2.45, 2.75) is 32.0 Å². The maximum Gasteiger partial charge on any atom is 0.405 e. The van der Waals surface area contributed by atoms with Crippen molar-refractivity contribution in [3.05, 3.63) is 0 Å². The molecular formula is C10H15F3N2O. The molecule has 1 amide bonds. The average molecular weight is 236 g/mol. The van der Waals surface area contributed by atoms with Gasteiger partial charge in [-0.15, -0.1) is 6.42 Å². The largest absolute Gasteiger partial charge is 0.405 e. The summed E-state index contributed by atoms with van der Waals surface area (Å²) in [7, 11) is 0. The van der Waals surface area contributed by atoms with Gasteiger partial charge in [0.25, 0.3) is 0 Å². The van der Waals surface area contributed by atoms with Crippen LogP contribution in [0.15, 0.2) is 0 Å². The highest BCUT2D eigenvalue weighted by Gasteiger charge is 2.27. The molecule has 92 valence electrons. The number of terminal acetylenes is 1. The minimum absolute atomic E-state index is 0.203. The molecule has 2 N–H and O–H groups in total. The molecule has 0 saturated heterocycles. The molecule has 16 heavy (non-hydrogen) atoms. The van der Waals surface area contributed by atoms with Gasteiger partial charge in [0.2, 0.25) is 5.91 Å². The lowest BCUT2D eigenvalue weighted by Gasteiger charge is -2.12. The zero-order valence-corrected chi connectivity index (χ0v) is 9.03. The fourth-order valence-electron chi connectivity index (χ4n) is 1.01. The Morgan fingerprint density at radius 2 is 2.12 bits per heavy atom. The molecule has 1 atom stereocenters. The standard InChI is InChI=1S/C10H15F3N2O/c1-3-5-8(4-2)14-6-9(16)15-7-10(11,12)13/h2,8,14H,3,5-7H2,1H3,(H,15,16). The molecule has 0 aliphatic rings. The van der Waals surface area contributed by atoms with Crippen molar-refractivity contribution in [3.63, 3.8) is 0 Å². The predicted molar refractivity (Wildman–Crippen MR) is 54.6 cm³/mol. The summed E-state index contributed by atoms with van der Waals surface area (Å²) in [6.07, 6.45) is 2.30. The SMILES string of the molecule is C#CC(CCC)NCC(=O)NCC(F)(F)F. The first-order chi connectivity index (χ1) is 7.39. The summed E-state index contributed by atoms with van der Waals surface area (Å²) in [6.45, 7) is 0.405. The van der Waals surface area contributed by atoms with Crippen LogP contribution in [0.4, 0.5) is 13.2 Å². The molecule has 0 spiro atoms. The number of carbonyl (C=O) groups is 1. The van der Waals surface area contributed by atoms with E-state index < -0.39 is 18.6 Å². The van der Waals surface area contributed by atoms with E-state index in [1.165, 1.54) is 0 Å². The predicted octanol–water partition coefficient (Wildman–Crippen LogP) is 1.06. The van der Waals surface area contributed by atoms with Crippen LogP contribution >= 0.6 is 0 Å². The second-order valence-electron chi connectivity index (χ2n) is 3.28. The van der Waals surface area contributed by atoms with E-state index in [1.807, 2.05) is 6.92 Å². The molecule has 0 fully saturated rings. The third-order valence-corrected chi connectivity index (χ3v) is 1.77. The Hall–Kier alpha value is -1.22. The van der Waals surface area contributed by atoms with E-state index in [2.05, 4.69) is 11.2 Å². The van der Waals surface area contributed by atoms with E-state index >= 15 is 0 Å². The van der Waals surface area contributed by atoms with Crippen molar-refractivity contribution in [2.75, 3.05) is 13.1 Å². The highest BCUT2D eigenvalue weighted by Crippen LogP contribution is 2.11. The smallest absolute Gasteiger partial charge is 0.346 e. The fourth-order valence-corrected chi connectivity index (χ4v) is 1.01. The molecule has 0 radical (unpaired) electrons. The summed E-state index contributed by atoms with van der Waals surface area (Å²) in [5.41, 5.74) is 0. The van der Waals surface area contributed by atoms with Gasteiger partial charge in [-0.05, 0) is 6.42 Å². The monoisotopic (exact) mass is 236 g/mol. The van der Waals surface area contributed by atoms with Crippen LogP contribution in [0.5, 0.6) is 0 Å². The van der Waals surface area contributed by atoms with E-state index in [1.54, 1.807) is 5.32 Å². The van der Waals surface area contributed by atoms with Gasteiger partial charge in [-0.25, -0.2) is 0 Å². The molecular weight excluding hydrogens is 221 g/mol. The molecule has 6 heteroatoms. The molecule has 0 heterocycles. The lowest BCUT2D eigenvalue weighted by atomic mass is 10.2. The van der Waals surface area contributed by atoms with E-state index in [9.17, 15) is 18.0 Å². The highest BCUT2D eigenvalue weighted by molar-refractivity contribution is 5.78. The molecule has 0 aromatic heterocycles. The van der Waals surface area contributed by atoms with Gasteiger partial charge in [0.15, 0.2) is 0 Å². The van der Waals surface area contributed by atoms with Crippen molar-refractivity contribution < 1.29 is 18.0 Å². The Morgan fingerprint density at radius 1 is 1.50 bits per heavy atom. The minimum atomic E-state index is -4.38. The molecule has 0 aliphatic heterocycles. The van der Waals surface area contributed by atoms with Crippen LogP contribution < -0.4 is 10.6 Å². The van der Waals surface area contributed by atoms with Crippen LogP contribution in [0, 0.1) is 12.3 Å². The van der Waals surface area contributed by atoms with Crippen LogP contribution in [-0.2, 0) is 4.79 Å². The van der Waals surface area contributed by atoms with Crippen molar-refractivity contribution in [1.82, 2.24) is 10.6 Å². The molecule has 0 aliphatic carbocycles. The van der Waals surface area contributed by atoms with E-state index in [4.69, 9.17) is 6.42 Å².